The Morgan fingerprint density at radius 2 is 0.621 bits per heavy atom. The molecule has 0 atom stereocenters. The van der Waals surface area contributed by atoms with E-state index in [2.05, 4.69) is 225 Å². The minimum atomic E-state index is 1.14. The third kappa shape index (κ3) is 4.23. The first-order valence-electron chi connectivity index (χ1n) is 20.0. The highest BCUT2D eigenvalue weighted by molar-refractivity contribution is 6.17. The second-order valence-corrected chi connectivity index (χ2v) is 15.3. The van der Waals surface area contributed by atoms with Crippen LogP contribution in [0.4, 0.5) is 0 Å². The first kappa shape index (κ1) is 31.4. The Bertz CT molecular complexity index is 3740. The molecule has 4 heterocycles. The van der Waals surface area contributed by atoms with Gasteiger partial charge in [0.15, 0.2) is 0 Å². The van der Waals surface area contributed by atoms with Gasteiger partial charge in [-0.05, 0) is 84.9 Å². The molecule has 4 aromatic heterocycles. The quantitative estimate of drug-likeness (QED) is 0.171. The lowest BCUT2D eigenvalue weighted by molar-refractivity contribution is 1.15. The van der Waals surface area contributed by atoms with Crippen molar-refractivity contribution in [2.45, 2.75) is 0 Å². The second kappa shape index (κ2) is 11.8. The number of hydrogen-bond acceptors (Lipinski definition) is 0. The van der Waals surface area contributed by atoms with Crippen LogP contribution in [0.15, 0.2) is 206 Å². The van der Waals surface area contributed by atoms with E-state index in [4.69, 9.17) is 0 Å². The number of fused-ring (bicyclic) bond motifs is 12. The van der Waals surface area contributed by atoms with Crippen LogP contribution >= 0.6 is 0 Å². The van der Waals surface area contributed by atoms with Gasteiger partial charge in [-0.2, -0.15) is 0 Å². The van der Waals surface area contributed by atoms with Gasteiger partial charge in [0.1, 0.15) is 0 Å². The number of para-hydroxylation sites is 6. The zero-order valence-corrected chi connectivity index (χ0v) is 31.4. The molecule has 270 valence electrons. The predicted molar refractivity (Wildman–Crippen MR) is 244 cm³/mol. The second-order valence-electron chi connectivity index (χ2n) is 15.3. The van der Waals surface area contributed by atoms with Crippen LogP contribution in [0.3, 0.4) is 0 Å². The lowest BCUT2D eigenvalue weighted by Crippen LogP contribution is -1.98. The Hall–Kier alpha value is -7.82. The minimum absolute atomic E-state index is 1.14. The lowest BCUT2D eigenvalue weighted by Gasteiger charge is -2.13. The van der Waals surface area contributed by atoms with Crippen LogP contribution in [0.1, 0.15) is 0 Å². The van der Waals surface area contributed by atoms with E-state index in [1.807, 2.05) is 0 Å². The van der Waals surface area contributed by atoms with Crippen molar-refractivity contribution in [3.63, 3.8) is 0 Å². The zero-order valence-electron chi connectivity index (χ0n) is 31.4. The Morgan fingerprint density at radius 1 is 0.207 bits per heavy atom. The summed E-state index contributed by atoms with van der Waals surface area (Å²) in [6.45, 7) is 0. The molecule has 0 saturated carbocycles. The van der Waals surface area contributed by atoms with Gasteiger partial charge in [0.25, 0.3) is 0 Å². The molecule has 0 spiro atoms. The summed E-state index contributed by atoms with van der Waals surface area (Å²) in [5.41, 5.74) is 14.2. The molecule has 0 unspecified atom stereocenters. The monoisotopic (exact) mass is 738 g/mol. The largest absolute Gasteiger partial charge is 0.309 e. The standard InChI is InChI=1S/C54H34N4/c1-2-15-35(16-3-1)55-49-26-13-8-21-43(49)54-51(55)27-14-28-52(54)58-48-25-12-7-20-41(48)44-33-36(30-32-50(44)58)57-47-24-11-6-19-40(47)42-31-29-37(34-53(42)57)56-45-22-9-4-17-38(45)39-18-5-10-23-46(39)56/h1-34H. The Balaban J connectivity index is 1.08. The van der Waals surface area contributed by atoms with Gasteiger partial charge in [-0.25, -0.2) is 0 Å². The lowest BCUT2D eigenvalue weighted by atomic mass is 10.1. The first-order chi connectivity index (χ1) is 28.8. The maximum Gasteiger partial charge on any atom is 0.0562 e. The van der Waals surface area contributed by atoms with E-state index in [0.29, 0.717) is 0 Å². The molecule has 4 heteroatoms. The van der Waals surface area contributed by atoms with Crippen LogP contribution in [0, 0.1) is 0 Å². The predicted octanol–water partition coefficient (Wildman–Crippen LogP) is 14.1. The molecule has 58 heavy (non-hydrogen) atoms. The molecule has 9 aromatic carbocycles. The highest BCUT2D eigenvalue weighted by Crippen LogP contribution is 2.42. The average molecular weight is 739 g/mol. The molecular weight excluding hydrogens is 705 g/mol. The highest BCUT2D eigenvalue weighted by Gasteiger charge is 2.21. The van der Waals surface area contributed by atoms with Gasteiger partial charge in [-0.1, -0.05) is 121 Å². The molecule has 13 rings (SSSR count). The van der Waals surface area contributed by atoms with Crippen molar-refractivity contribution in [3.8, 4) is 22.7 Å². The summed E-state index contributed by atoms with van der Waals surface area (Å²) < 4.78 is 9.75. The summed E-state index contributed by atoms with van der Waals surface area (Å²) in [6.07, 6.45) is 0. The van der Waals surface area contributed by atoms with Crippen molar-refractivity contribution in [2.24, 2.45) is 0 Å². The van der Waals surface area contributed by atoms with E-state index < -0.39 is 0 Å². The molecule has 0 saturated heterocycles. The molecule has 13 aromatic rings. The fourth-order valence-corrected chi connectivity index (χ4v) is 9.98. The fourth-order valence-electron chi connectivity index (χ4n) is 9.98. The van der Waals surface area contributed by atoms with Crippen molar-refractivity contribution >= 4 is 87.2 Å². The Labute approximate surface area is 333 Å². The topological polar surface area (TPSA) is 19.7 Å². The van der Waals surface area contributed by atoms with E-state index in [9.17, 15) is 0 Å². The molecule has 0 aliphatic heterocycles. The van der Waals surface area contributed by atoms with Crippen molar-refractivity contribution in [3.05, 3.63) is 206 Å². The van der Waals surface area contributed by atoms with E-state index in [-0.39, 0.29) is 0 Å². The van der Waals surface area contributed by atoms with Crippen LogP contribution in [0.2, 0.25) is 0 Å². The third-order valence-corrected chi connectivity index (χ3v) is 12.3. The van der Waals surface area contributed by atoms with Gasteiger partial charge in [-0.15, -0.1) is 0 Å². The Morgan fingerprint density at radius 3 is 1.26 bits per heavy atom. The average Bonchev–Trinajstić information content (AvgIpc) is 4.01. The molecule has 4 nitrogen and oxygen atoms in total. The summed E-state index contributed by atoms with van der Waals surface area (Å²) >= 11 is 0. The summed E-state index contributed by atoms with van der Waals surface area (Å²) in [6, 6.07) is 75.5. The van der Waals surface area contributed by atoms with Gasteiger partial charge < -0.3 is 18.3 Å². The molecule has 0 radical (unpaired) electrons. The fraction of sp³-hybridized carbons (Fsp3) is 0. The smallest absolute Gasteiger partial charge is 0.0562 e. The molecule has 0 N–H and O–H groups in total. The molecule has 0 aliphatic rings. The van der Waals surface area contributed by atoms with Crippen molar-refractivity contribution in [2.75, 3.05) is 0 Å². The van der Waals surface area contributed by atoms with Gasteiger partial charge in [0.2, 0.25) is 0 Å². The normalized spacial score (nSPS) is 12.1. The van der Waals surface area contributed by atoms with Gasteiger partial charge in [0, 0.05) is 60.2 Å². The number of nitrogens with zero attached hydrogens (tertiary/aromatic N) is 4. The maximum absolute atomic E-state index is 2.48. The number of rotatable bonds is 4. The summed E-state index contributed by atoms with van der Waals surface area (Å²) in [5.74, 6) is 0. The van der Waals surface area contributed by atoms with Crippen LogP contribution in [-0.4, -0.2) is 18.3 Å². The van der Waals surface area contributed by atoms with Gasteiger partial charge in [-0.3, -0.25) is 0 Å². The number of benzene rings is 9. The molecular formula is C54H34N4. The number of hydrogen-bond donors (Lipinski definition) is 0. The van der Waals surface area contributed by atoms with Crippen molar-refractivity contribution in [1.29, 1.82) is 0 Å². The van der Waals surface area contributed by atoms with E-state index >= 15 is 0 Å². The first-order valence-corrected chi connectivity index (χ1v) is 20.0. The van der Waals surface area contributed by atoms with E-state index in [0.717, 1.165) is 17.1 Å². The third-order valence-electron chi connectivity index (χ3n) is 12.3. The minimum Gasteiger partial charge on any atom is -0.309 e. The molecule has 0 amide bonds. The maximum atomic E-state index is 2.48. The SMILES string of the molecule is c1ccc(-n2c3ccccc3c3c(-n4c5ccccc5c5cc(-n6c7ccccc7c7ccc(-n8c9ccccc9c9ccccc98)cc76)ccc54)cccc32)cc1. The number of aromatic nitrogens is 4. The van der Waals surface area contributed by atoms with Gasteiger partial charge >= 0.3 is 0 Å². The molecule has 0 bridgehead atoms. The molecule has 0 fully saturated rings. The summed E-state index contributed by atoms with van der Waals surface area (Å²) in [5, 5.41) is 9.95. The van der Waals surface area contributed by atoms with E-state index in [1.54, 1.807) is 0 Å². The summed E-state index contributed by atoms with van der Waals surface area (Å²) in [7, 11) is 0. The van der Waals surface area contributed by atoms with Crippen LogP contribution in [0.25, 0.3) is 110 Å². The highest BCUT2D eigenvalue weighted by atomic mass is 15.0. The summed E-state index contributed by atoms with van der Waals surface area (Å²) in [4.78, 5) is 0. The van der Waals surface area contributed by atoms with Crippen molar-refractivity contribution in [1.82, 2.24) is 18.3 Å². The van der Waals surface area contributed by atoms with Gasteiger partial charge in [0.05, 0.1) is 49.8 Å². The van der Waals surface area contributed by atoms with Crippen LogP contribution in [-0.2, 0) is 0 Å². The molecule has 0 aliphatic carbocycles. The van der Waals surface area contributed by atoms with Crippen molar-refractivity contribution < 1.29 is 0 Å². The Kier molecular flexibility index (Phi) is 6.41. The van der Waals surface area contributed by atoms with Crippen LogP contribution in [0.5, 0.6) is 0 Å². The van der Waals surface area contributed by atoms with E-state index in [1.165, 1.54) is 92.9 Å². The zero-order chi connectivity index (χ0) is 37.9. The van der Waals surface area contributed by atoms with Crippen LogP contribution < -0.4 is 0 Å².